The second-order valence-corrected chi connectivity index (χ2v) is 11.7. The van der Waals surface area contributed by atoms with Crippen molar-refractivity contribution in [3.8, 4) is 0 Å². The minimum absolute atomic E-state index is 0.0118. The monoisotopic (exact) mass is 481 g/mol. The lowest BCUT2D eigenvalue weighted by molar-refractivity contribution is -0.136. The fourth-order valence-corrected chi connectivity index (χ4v) is 5.70. The third-order valence-corrected chi connectivity index (χ3v) is 7.18. The highest BCUT2D eigenvalue weighted by Crippen LogP contribution is 2.43. The molecule has 0 saturated heterocycles. The molecule has 2 aromatic rings. The summed E-state index contributed by atoms with van der Waals surface area (Å²) in [6, 6.07) is 5.35. The summed E-state index contributed by atoms with van der Waals surface area (Å²) in [6.45, 7) is 9.66. The van der Waals surface area contributed by atoms with Crippen LogP contribution >= 0.6 is 11.3 Å². The molecule has 2 N–H and O–H groups in total. The zero-order valence-corrected chi connectivity index (χ0v) is 20.2. The van der Waals surface area contributed by atoms with E-state index in [-0.39, 0.29) is 28.4 Å². The molecule has 1 aliphatic heterocycles. The van der Waals surface area contributed by atoms with Gasteiger partial charge in [0.25, 0.3) is 10.0 Å². The van der Waals surface area contributed by atoms with Crippen LogP contribution in [0.3, 0.4) is 0 Å². The molecule has 1 amide bonds. The highest BCUT2D eigenvalue weighted by molar-refractivity contribution is 7.93. The maximum atomic E-state index is 12.8. The first-order valence-corrected chi connectivity index (χ1v) is 12.4. The van der Waals surface area contributed by atoms with Crippen LogP contribution in [0.4, 0.5) is 9.93 Å². The number of carboxylic acids is 1. The number of amides is 1. The molecule has 1 aliphatic rings. The van der Waals surface area contributed by atoms with Gasteiger partial charge >= 0.3 is 12.1 Å². The van der Waals surface area contributed by atoms with Gasteiger partial charge in [0.15, 0.2) is 5.13 Å². The summed E-state index contributed by atoms with van der Waals surface area (Å²) in [6.07, 6.45) is -0.609. The summed E-state index contributed by atoms with van der Waals surface area (Å²) in [5, 5.41) is 9.07. The molecule has 1 atom stereocenters. The van der Waals surface area contributed by atoms with Gasteiger partial charge in [0.05, 0.1) is 34.5 Å². The number of fused-ring (bicyclic) bond motifs is 1. The Morgan fingerprint density at radius 3 is 2.44 bits per heavy atom. The molecule has 1 aromatic heterocycles. The fourth-order valence-electron chi connectivity index (χ4n) is 3.46. The number of carbonyl (C=O) groups is 2. The number of benzene rings is 1. The molecule has 0 saturated carbocycles. The molecule has 1 aromatic carbocycles. The van der Waals surface area contributed by atoms with E-state index in [1.807, 2.05) is 13.8 Å². The van der Waals surface area contributed by atoms with Crippen molar-refractivity contribution in [3.63, 3.8) is 0 Å². The SMILES string of the molecule is CC(C)[C@H]1c2nc(NS(=O)(=O)c3ccc(CC(=O)O)cc3)sc2CN1C(=O)OC(C)(C)C. The van der Waals surface area contributed by atoms with Crippen LogP contribution in [0.5, 0.6) is 0 Å². The maximum Gasteiger partial charge on any atom is 0.411 e. The first-order chi connectivity index (χ1) is 14.8. The van der Waals surface area contributed by atoms with E-state index in [9.17, 15) is 18.0 Å². The Hall–Kier alpha value is -2.66. The van der Waals surface area contributed by atoms with Gasteiger partial charge in [-0.15, -0.1) is 0 Å². The van der Waals surface area contributed by atoms with Crippen molar-refractivity contribution >= 4 is 38.6 Å². The van der Waals surface area contributed by atoms with E-state index in [0.29, 0.717) is 17.8 Å². The van der Waals surface area contributed by atoms with E-state index in [1.54, 1.807) is 25.7 Å². The van der Waals surface area contributed by atoms with Crippen LogP contribution in [-0.4, -0.2) is 41.1 Å². The number of nitrogens with zero attached hydrogens (tertiary/aromatic N) is 2. The summed E-state index contributed by atoms with van der Waals surface area (Å²) in [5.41, 5.74) is 0.556. The number of carbonyl (C=O) groups excluding carboxylic acids is 1. The van der Waals surface area contributed by atoms with Gasteiger partial charge < -0.3 is 9.84 Å². The molecule has 11 heteroatoms. The Labute approximate surface area is 191 Å². The number of carboxylic acid groups (broad SMARTS) is 1. The van der Waals surface area contributed by atoms with Crippen molar-refractivity contribution in [2.45, 2.75) is 64.1 Å². The average molecular weight is 482 g/mol. The number of aliphatic carboxylic acids is 1. The Morgan fingerprint density at radius 2 is 1.91 bits per heavy atom. The van der Waals surface area contributed by atoms with Crippen molar-refractivity contribution in [2.75, 3.05) is 4.72 Å². The molecule has 32 heavy (non-hydrogen) atoms. The smallest absolute Gasteiger partial charge is 0.411 e. The average Bonchev–Trinajstić information content (AvgIpc) is 3.16. The minimum atomic E-state index is -3.89. The van der Waals surface area contributed by atoms with Crippen LogP contribution in [0.25, 0.3) is 0 Å². The summed E-state index contributed by atoms with van der Waals surface area (Å²) < 4.78 is 33.5. The molecule has 0 unspecified atom stereocenters. The number of thiazole rings is 1. The second kappa shape index (κ2) is 8.70. The van der Waals surface area contributed by atoms with Gasteiger partial charge in [0.2, 0.25) is 0 Å². The Kier molecular flexibility index (Phi) is 6.52. The number of rotatable bonds is 6. The van der Waals surface area contributed by atoms with Crippen molar-refractivity contribution in [1.82, 2.24) is 9.88 Å². The molecule has 0 aliphatic carbocycles. The van der Waals surface area contributed by atoms with E-state index < -0.39 is 27.7 Å². The van der Waals surface area contributed by atoms with Gasteiger partial charge in [-0.3, -0.25) is 14.4 Å². The summed E-state index contributed by atoms with van der Waals surface area (Å²) >= 11 is 1.19. The molecule has 0 spiro atoms. The molecule has 174 valence electrons. The van der Waals surface area contributed by atoms with E-state index in [2.05, 4.69) is 9.71 Å². The summed E-state index contributed by atoms with van der Waals surface area (Å²) in [4.78, 5) is 30.4. The standard InChI is InChI=1S/C21H27N3O6S2/c1-12(2)18-17-15(11-24(18)20(27)30-21(3,4)5)31-19(22-17)23-32(28,29)14-8-6-13(7-9-14)10-16(25)26/h6-9,12,18H,10-11H2,1-5H3,(H,22,23)(H,25,26)/t18-/m0/s1. The Balaban J connectivity index is 1.79. The van der Waals surface area contributed by atoms with Crippen molar-refractivity contribution in [3.05, 3.63) is 40.4 Å². The van der Waals surface area contributed by atoms with Gasteiger partial charge in [-0.2, -0.15) is 0 Å². The molecule has 3 rings (SSSR count). The molecular formula is C21H27N3O6S2. The third kappa shape index (κ3) is 5.39. The zero-order valence-electron chi connectivity index (χ0n) is 18.6. The van der Waals surface area contributed by atoms with Gasteiger partial charge in [0, 0.05) is 0 Å². The predicted molar refractivity (Wildman–Crippen MR) is 120 cm³/mol. The number of aromatic nitrogens is 1. The molecule has 0 radical (unpaired) electrons. The number of ether oxygens (including phenoxy) is 1. The third-order valence-electron chi connectivity index (χ3n) is 4.73. The largest absolute Gasteiger partial charge is 0.481 e. The van der Waals surface area contributed by atoms with E-state index in [4.69, 9.17) is 9.84 Å². The second-order valence-electron chi connectivity index (χ2n) is 8.94. The molecule has 9 nitrogen and oxygen atoms in total. The topological polar surface area (TPSA) is 126 Å². The number of sulfonamides is 1. The van der Waals surface area contributed by atoms with Gasteiger partial charge in [-0.05, 0) is 44.4 Å². The maximum absolute atomic E-state index is 12.8. The Morgan fingerprint density at radius 1 is 1.28 bits per heavy atom. The quantitative estimate of drug-likeness (QED) is 0.638. The van der Waals surface area contributed by atoms with Crippen LogP contribution in [0.1, 0.15) is 56.8 Å². The van der Waals surface area contributed by atoms with E-state index in [1.165, 1.54) is 35.6 Å². The van der Waals surface area contributed by atoms with Gasteiger partial charge in [-0.1, -0.05) is 37.3 Å². The fraction of sp³-hybridized carbons (Fsp3) is 0.476. The Bertz CT molecular complexity index is 1120. The first kappa shape index (κ1) is 24.0. The lowest BCUT2D eigenvalue weighted by Crippen LogP contribution is -2.37. The highest BCUT2D eigenvalue weighted by atomic mass is 32.2. The first-order valence-electron chi connectivity index (χ1n) is 10.1. The highest BCUT2D eigenvalue weighted by Gasteiger charge is 2.41. The lowest BCUT2D eigenvalue weighted by atomic mass is 10.0. The number of anilines is 1. The number of hydrogen-bond acceptors (Lipinski definition) is 7. The summed E-state index contributed by atoms with van der Waals surface area (Å²) in [7, 11) is -3.89. The van der Waals surface area contributed by atoms with Gasteiger partial charge in [0.1, 0.15) is 5.60 Å². The zero-order chi connectivity index (χ0) is 23.8. The van der Waals surface area contributed by atoms with E-state index in [0.717, 1.165) is 4.88 Å². The predicted octanol–water partition coefficient (Wildman–Crippen LogP) is 4.02. The molecule has 2 heterocycles. The molecular weight excluding hydrogens is 454 g/mol. The van der Waals surface area contributed by atoms with Crippen LogP contribution in [0, 0.1) is 5.92 Å². The summed E-state index contributed by atoms with van der Waals surface area (Å²) in [5.74, 6) is -0.937. The van der Waals surface area contributed by atoms with Crippen molar-refractivity contribution in [1.29, 1.82) is 0 Å². The van der Waals surface area contributed by atoms with Crippen LogP contribution in [-0.2, 0) is 32.5 Å². The van der Waals surface area contributed by atoms with Crippen molar-refractivity contribution in [2.24, 2.45) is 5.92 Å². The normalized spacial score (nSPS) is 16.2. The van der Waals surface area contributed by atoms with Crippen LogP contribution in [0.15, 0.2) is 29.2 Å². The number of hydrogen-bond donors (Lipinski definition) is 2. The van der Waals surface area contributed by atoms with Crippen LogP contribution in [0.2, 0.25) is 0 Å². The molecule has 0 bridgehead atoms. The lowest BCUT2D eigenvalue weighted by Gasteiger charge is -2.30. The molecule has 0 fully saturated rings. The van der Waals surface area contributed by atoms with Crippen molar-refractivity contribution < 1.29 is 27.9 Å². The van der Waals surface area contributed by atoms with Crippen LogP contribution < -0.4 is 4.72 Å². The minimum Gasteiger partial charge on any atom is -0.481 e. The van der Waals surface area contributed by atoms with Gasteiger partial charge in [-0.25, -0.2) is 18.2 Å². The number of nitrogens with one attached hydrogen (secondary N) is 1. The van der Waals surface area contributed by atoms with E-state index >= 15 is 0 Å².